The van der Waals surface area contributed by atoms with Gasteiger partial charge in [0.25, 0.3) is 0 Å². The molecular formula is C19H30N4O2. The summed E-state index contributed by atoms with van der Waals surface area (Å²) >= 11 is 0. The predicted octanol–water partition coefficient (Wildman–Crippen LogP) is 2.90. The molecule has 138 valence electrons. The number of benzene rings is 1. The summed E-state index contributed by atoms with van der Waals surface area (Å²) in [6, 6.07) is 6.25. The SMILES string of the molecule is CN=C(NCc1ccc(OC)c(NC(C)=O)c1)NC1CCC(C)CC1. The Morgan fingerprint density at radius 1 is 1.28 bits per heavy atom. The number of anilines is 1. The standard InChI is InChI=1S/C19H30N4O2/c1-13-5-8-16(9-6-13)23-19(20-3)21-12-15-7-10-18(25-4)17(11-15)22-14(2)24/h7,10-11,13,16H,5-6,8-9,12H2,1-4H3,(H,22,24)(H2,20,21,23). The Kier molecular flexibility index (Phi) is 7.10. The minimum absolute atomic E-state index is 0.118. The summed E-state index contributed by atoms with van der Waals surface area (Å²) in [5, 5.41) is 9.66. The van der Waals surface area contributed by atoms with Gasteiger partial charge in [0.15, 0.2) is 5.96 Å². The zero-order chi connectivity index (χ0) is 18.2. The highest BCUT2D eigenvalue weighted by atomic mass is 16.5. The average molecular weight is 346 g/mol. The smallest absolute Gasteiger partial charge is 0.221 e. The molecule has 0 saturated heterocycles. The van der Waals surface area contributed by atoms with Crippen molar-refractivity contribution in [2.45, 2.75) is 52.1 Å². The molecule has 1 aliphatic carbocycles. The number of aliphatic imine (C=N–C) groups is 1. The normalized spacial score (nSPS) is 20.7. The van der Waals surface area contributed by atoms with E-state index in [-0.39, 0.29) is 5.91 Å². The molecule has 1 aromatic rings. The maximum absolute atomic E-state index is 11.3. The lowest BCUT2D eigenvalue weighted by atomic mass is 9.87. The fourth-order valence-corrected chi connectivity index (χ4v) is 3.13. The molecule has 0 radical (unpaired) electrons. The monoisotopic (exact) mass is 346 g/mol. The molecule has 0 spiro atoms. The molecule has 0 bridgehead atoms. The van der Waals surface area contributed by atoms with Crippen LogP contribution in [0, 0.1) is 5.92 Å². The summed E-state index contributed by atoms with van der Waals surface area (Å²) in [6.45, 7) is 4.43. The molecule has 1 saturated carbocycles. The van der Waals surface area contributed by atoms with Crippen molar-refractivity contribution in [2.24, 2.45) is 10.9 Å². The first-order chi connectivity index (χ1) is 12.0. The van der Waals surface area contributed by atoms with Gasteiger partial charge < -0.3 is 20.7 Å². The molecule has 0 heterocycles. The summed E-state index contributed by atoms with van der Waals surface area (Å²) < 4.78 is 5.29. The molecule has 3 N–H and O–H groups in total. The van der Waals surface area contributed by atoms with Crippen LogP contribution in [0.5, 0.6) is 5.75 Å². The van der Waals surface area contributed by atoms with E-state index >= 15 is 0 Å². The minimum Gasteiger partial charge on any atom is -0.495 e. The molecule has 0 atom stereocenters. The third-order valence-electron chi connectivity index (χ3n) is 4.61. The second-order valence-corrected chi connectivity index (χ2v) is 6.74. The van der Waals surface area contributed by atoms with E-state index in [2.05, 4.69) is 27.9 Å². The van der Waals surface area contributed by atoms with Crippen LogP contribution < -0.4 is 20.7 Å². The van der Waals surface area contributed by atoms with Crippen molar-refractivity contribution >= 4 is 17.6 Å². The molecule has 0 aromatic heterocycles. The van der Waals surface area contributed by atoms with E-state index in [1.807, 2.05) is 18.2 Å². The first kappa shape index (κ1) is 19.1. The van der Waals surface area contributed by atoms with E-state index in [9.17, 15) is 4.79 Å². The van der Waals surface area contributed by atoms with Gasteiger partial charge in [0.2, 0.25) is 5.91 Å². The Morgan fingerprint density at radius 3 is 2.60 bits per heavy atom. The molecule has 0 unspecified atom stereocenters. The third kappa shape index (κ3) is 5.96. The van der Waals surface area contributed by atoms with Gasteiger partial charge in [0.1, 0.15) is 5.75 Å². The number of ether oxygens (including phenoxy) is 1. The van der Waals surface area contributed by atoms with E-state index in [1.165, 1.54) is 32.6 Å². The molecule has 1 aliphatic rings. The van der Waals surface area contributed by atoms with Crippen LogP contribution >= 0.6 is 0 Å². The molecule has 1 fully saturated rings. The summed E-state index contributed by atoms with van der Waals surface area (Å²) in [6.07, 6.45) is 4.93. The lowest BCUT2D eigenvalue weighted by Crippen LogP contribution is -2.44. The Bertz CT molecular complexity index is 607. The molecule has 25 heavy (non-hydrogen) atoms. The summed E-state index contributed by atoms with van der Waals surface area (Å²) in [7, 11) is 3.38. The van der Waals surface area contributed by atoms with Crippen molar-refractivity contribution < 1.29 is 9.53 Å². The largest absolute Gasteiger partial charge is 0.495 e. The van der Waals surface area contributed by atoms with Crippen LogP contribution in [0.3, 0.4) is 0 Å². The van der Waals surface area contributed by atoms with Crippen LogP contribution in [0.2, 0.25) is 0 Å². The van der Waals surface area contributed by atoms with Crippen LogP contribution in [-0.4, -0.2) is 32.1 Å². The van der Waals surface area contributed by atoms with Crippen molar-refractivity contribution in [3.05, 3.63) is 23.8 Å². The Hall–Kier alpha value is -2.24. The van der Waals surface area contributed by atoms with Crippen LogP contribution in [0.25, 0.3) is 0 Å². The Balaban J connectivity index is 1.93. The number of rotatable bonds is 5. The summed E-state index contributed by atoms with van der Waals surface area (Å²) in [5.74, 6) is 2.18. The summed E-state index contributed by atoms with van der Waals surface area (Å²) in [5.41, 5.74) is 1.73. The predicted molar refractivity (Wildman–Crippen MR) is 102 cm³/mol. The molecule has 1 aromatic carbocycles. The fourth-order valence-electron chi connectivity index (χ4n) is 3.13. The van der Waals surface area contributed by atoms with Crippen LogP contribution in [-0.2, 0) is 11.3 Å². The van der Waals surface area contributed by atoms with Gasteiger partial charge in [-0.15, -0.1) is 0 Å². The van der Waals surface area contributed by atoms with Crippen molar-refractivity contribution in [3.8, 4) is 5.75 Å². The second kappa shape index (κ2) is 9.30. The highest BCUT2D eigenvalue weighted by Crippen LogP contribution is 2.25. The zero-order valence-electron chi connectivity index (χ0n) is 15.7. The maximum atomic E-state index is 11.3. The van der Waals surface area contributed by atoms with Crippen LogP contribution in [0.15, 0.2) is 23.2 Å². The van der Waals surface area contributed by atoms with E-state index in [1.54, 1.807) is 14.2 Å². The quantitative estimate of drug-likeness (QED) is 0.566. The van der Waals surface area contributed by atoms with Crippen molar-refractivity contribution in [1.82, 2.24) is 10.6 Å². The Morgan fingerprint density at radius 2 is 2.00 bits per heavy atom. The van der Waals surface area contributed by atoms with E-state index < -0.39 is 0 Å². The topological polar surface area (TPSA) is 74.8 Å². The molecule has 2 rings (SSSR count). The zero-order valence-corrected chi connectivity index (χ0v) is 15.7. The lowest BCUT2D eigenvalue weighted by molar-refractivity contribution is -0.114. The Labute approximate surface area is 150 Å². The third-order valence-corrected chi connectivity index (χ3v) is 4.61. The van der Waals surface area contributed by atoms with Crippen molar-refractivity contribution in [2.75, 3.05) is 19.5 Å². The highest BCUT2D eigenvalue weighted by molar-refractivity contribution is 5.90. The first-order valence-electron chi connectivity index (χ1n) is 8.93. The number of guanidine groups is 1. The van der Waals surface area contributed by atoms with Gasteiger partial charge in [-0.3, -0.25) is 9.79 Å². The number of nitrogens with one attached hydrogen (secondary N) is 3. The van der Waals surface area contributed by atoms with E-state index in [0.717, 1.165) is 17.4 Å². The van der Waals surface area contributed by atoms with Gasteiger partial charge >= 0.3 is 0 Å². The van der Waals surface area contributed by atoms with Crippen molar-refractivity contribution in [1.29, 1.82) is 0 Å². The average Bonchev–Trinajstić information content (AvgIpc) is 2.60. The van der Waals surface area contributed by atoms with Crippen molar-refractivity contribution in [3.63, 3.8) is 0 Å². The number of methoxy groups -OCH3 is 1. The van der Waals surface area contributed by atoms with Crippen LogP contribution in [0.1, 0.15) is 45.1 Å². The molecule has 1 amide bonds. The van der Waals surface area contributed by atoms with Gasteiger partial charge in [-0.1, -0.05) is 13.0 Å². The van der Waals surface area contributed by atoms with Gasteiger partial charge in [0.05, 0.1) is 12.8 Å². The number of carbonyl (C=O) groups is 1. The lowest BCUT2D eigenvalue weighted by Gasteiger charge is -2.28. The number of hydrogen-bond acceptors (Lipinski definition) is 3. The first-order valence-corrected chi connectivity index (χ1v) is 8.93. The minimum atomic E-state index is -0.118. The van der Waals surface area contributed by atoms with Gasteiger partial charge in [-0.2, -0.15) is 0 Å². The van der Waals surface area contributed by atoms with E-state index in [4.69, 9.17) is 4.74 Å². The van der Waals surface area contributed by atoms with Gasteiger partial charge in [0, 0.05) is 26.6 Å². The number of hydrogen-bond donors (Lipinski definition) is 3. The maximum Gasteiger partial charge on any atom is 0.221 e. The highest BCUT2D eigenvalue weighted by Gasteiger charge is 2.18. The molecular weight excluding hydrogens is 316 g/mol. The molecule has 6 nitrogen and oxygen atoms in total. The van der Waals surface area contributed by atoms with Crippen LogP contribution in [0.4, 0.5) is 5.69 Å². The number of carbonyl (C=O) groups excluding carboxylic acids is 1. The fraction of sp³-hybridized carbons (Fsp3) is 0.579. The molecule has 6 heteroatoms. The number of nitrogens with zero attached hydrogens (tertiary/aromatic N) is 1. The van der Waals surface area contributed by atoms with E-state index in [0.29, 0.717) is 24.0 Å². The van der Waals surface area contributed by atoms with Gasteiger partial charge in [-0.05, 0) is 49.3 Å². The number of amides is 1. The van der Waals surface area contributed by atoms with Gasteiger partial charge in [-0.25, -0.2) is 0 Å². The second-order valence-electron chi connectivity index (χ2n) is 6.74. The summed E-state index contributed by atoms with van der Waals surface area (Å²) in [4.78, 5) is 15.7. The molecule has 0 aliphatic heterocycles.